The first kappa shape index (κ1) is 18.4. The number of hydrogen-bond acceptors (Lipinski definition) is 6. The van der Waals surface area contributed by atoms with Gasteiger partial charge in [-0.1, -0.05) is 23.3 Å². The summed E-state index contributed by atoms with van der Waals surface area (Å²) in [7, 11) is 4.31. The van der Waals surface area contributed by atoms with Gasteiger partial charge in [0.2, 0.25) is 5.95 Å². The van der Waals surface area contributed by atoms with E-state index in [4.69, 9.17) is 4.74 Å². The van der Waals surface area contributed by atoms with E-state index in [0.717, 1.165) is 49.1 Å². The summed E-state index contributed by atoms with van der Waals surface area (Å²) in [4.78, 5) is 4.61. The van der Waals surface area contributed by atoms with Crippen molar-refractivity contribution in [2.75, 3.05) is 32.1 Å². The fourth-order valence-corrected chi connectivity index (χ4v) is 3.62. The van der Waals surface area contributed by atoms with Gasteiger partial charge in [0, 0.05) is 19.1 Å². The summed E-state index contributed by atoms with van der Waals surface area (Å²) in [6.07, 6.45) is 3.46. The molecular weight excluding hydrogens is 352 g/mol. The average Bonchev–Trinajstić information content (AvgIpc) is 3.06. The summed E-state index contributed by atoms with van der Waals surface area (Å²) in [5.74, 6) is 2.41. The number of aromatic nitrogens is 4. The monoisotopic (exact) mass is 378 g/mol. The van der Waals surface area contributed by atoms with Crippen LogP contribution in [0.4, 0.5) is 5.95 Å². The van der Waals surface area contributed by atoms with Crippen LogP contribution in [-0.4, -0.2) is 58.3 Å². The van der Waals surface area contributed by atoms with Crippen LogP contribution in [0.1, 0.15) is 19.3 Å². The van der Waals surface area contributed by atoms with E-state index in [-0.39, 0.29) is 0 Å². The van der Waals surface area contributed by atoms with Crippen molar-refractivity contribution in [2.45, 2.75) is 25.3 Å². The lowest BCUT2D eigenvalue weighted by Crippen LogP contribution is -2.31. The van der Waals surface area contributed by atoms with Gasteiger partial charge in [-0.3, -0.25) is 0 Å². The molecule has 1 saturated heterocycles. The molecule has 28 heavy (non-hydrogen) atoms. The van der Waals surface area contributed by atoms with Gasteiger partial charge in [-0.15, -0.1) is 0 Å². The first-order chi connectivity index (χ1) is 13.7. The van der Waals surface area contributed by atoms with Crippen molar-refractivity contribution in [1.82, 2.24) is 25.1 Å². The van der Waals surface area contributed by atoms with Crippen molar-refractivity contribution < 1.29 is 4.74 Å². The van der Waals surface area contributed by atoms with Crippen molar-refractivity contribution in [3.8, 4) is 17.2 Å². The molecule has 2 aromatic carbocycles. The van der Waals surface area contributed by atoms with Gasteiger partial charge < -0.3 is 14.5 Å². The molecule has 0 unspecified atom stereocenters. The molecule has 3 aromatic rings. The quantitative estimate of drug-likeness (QED) is 0.678. The Labute approximate surface area is 165 Å². The molecule has 2 heterocycles. The second-order valence-corrected chi connectivity index (χ2v) is 7.34. The molecule has 1 aromatic heterocycles. The van der Waals surface area contributed by atoms with Crippen molar-refractivity contribution in [3.05, 3.63) is 54.6 Å². The molecule has 0 aliphatic carbocycles. The number of ether oxygens (including phenoxy) is 1. The van der Waals surface area contributed by atoms with Gasteiger partial charge in [-0.2, -0.15) is 4.68 Å². The van der Waals surface area contributed by atoms with E-state index in [9.17, 15) is 0 Å². The third-order valence-corrected chi connectivity index (χ3v) is 5.22. The van der Waals surface area contributed by atoms with Gasteiger partial charge >= 0.3 is 0 Å². The summed E-state index contributed by atoms with van der Waals surface area (Å²) < 4.78 is 7.68. The largest absolute Gasteiger partial charge is 0.457 e. The maximum Gasteiger partial charge on any atom is 0.250 e. The van der Waals surface area contributed by atoms with Gasteiger partial charge in [0.25, 0.3) is 0 Å². The molecule has 1 atom stereocenters. The minimum absolute atomic E-state index is 0.615. The second kappa shape index (κ2) is 8.39. The summed E-state index contributed by atoms with van der Waals surface area (Å²) >= 11 is 0. The van der Waals surface area contributed by atoms with E-state index >= 15 is 0 Å². The number of para-hydroxylation sites is 1. The van der Waals surface area contributed by atoms with Crippen LogP contribution < -0.4 is 9.64 Å². The fraction of sp³-hybridized carbons (Fsp3) is 0.381. The Balaban J connectivity index is 1.49. The predicted molar refractivity (Wildman–Crippen MR) is 109 cm³/mol. The lowest BCUT2D eigenvalue weighted by atomic mass is 10.1. The summed E-state index contributed by atoms with van der Waals surface area (Å²) in [5.41, 5.74) is 0.925. The van der Waals surface area contributed by atoms with E-state index in [1.54, 1.807) is 0 Å². The van der Waals surface area contributed by atoms with Crippen LogP contribution >= 0.6 is 0 Å². The lowest BCUT2D eigenvalue weighted by molar-refractivity contribution is 0.272. The average molecular weight is 378 g/mol. The van der Waals surface area contributed by atoms with E-state index in [2.05, 4.69) is 39.4 Å². The van der Waals surface area contributed by atoms with Crippen molar-refractivity contribution in [3.63, 3.8) is 0 Å². The first-order valence-electron chi connectivity index (χ1n) is 9.74. The number of nitrogens with zero attached hydrogens (tertiary/aromatic N) is 6. The lowest BCUT2D eigenvalue weighted by Gasteiger charge is -2.23. The van der Waals surface area contributed by atoms with Crippen molar-refractivity contribution >= 4 is 5.95 Å². The molecule has 0 saturated carbocycles. The van der Waals surface area contributed by atoms with Crippen LogP contribution in [-0.2, 0) is 0 Å². The summed E-state index contributed by atoms with van der Waals surface area (Å²) in [5, 5.41) is 12.5. The Morgan fingerprint density at radius 2 is 1.68 bits per heavy atom. The number of anilines is 1. The smallest absolute Gasteiger partial charge is 0.250 e. The summed E-state index contributed by atoms with van der Waals surface area (Å²) in [6, 6.07) is 18.2. The zero-order valence-electron chi connectivity index (χ0n) is 16.4. The van der Waals surface area contributed by atoms with Gasteiger partial charge in [0.05, 0.1) is 5.69 Å². The molecule has 0 spiro atoms. The summed E-state index contributed by atoms with van der Waals surface area (Å²) in [6.45, 7) is 1.93. The zero-order chi connectivity index (χ0) is 19.3. The first-order valence-corrected chi connectivity index (χ1v) is 9.74. The van der Waals surface area contributed by atoms with E-state index in [0.29, 0.717) is 6.04 Å². The molecule has 0 N–H and O–H groups in total. The second-order valence-electron chi connectivity index (χ2n) is 7.34. The maximum atomic E-state index is 5.87. The minimum Gasteiger partial charge on any atom is -0.457 e. The van der Waals surface area contributed by atoms with E-state index < -0.39 is 0 Å². The third kappa shape index (κ3) is 4.14. The highest BCUT2D eigenvalue weighted by Gasteiger charge is 2.22. The molecule has 0 amide bonds. The standard InChI is InChI=1S/C21H26N6O/c1-25(2)17-7-6-15-26(16-14-17)21-22-23-24-27(21)18-10-12-20(13-11-18)28-19-8-4-3-5-9-19/h3-5,8-13,17H,6-7,14-16H2,1-2H3/t17-/m0/s1. The minimum atomic E-state index is 0.615. The van der Waals surface area contributed by atoms with Crippen LogP contribution in [0.5, 0.6) is 11.5 Å². The van der Waals surface area contributed by atoms with Gasteiger partial charge in [-0.25, -0.2) is 0 Å². The van der Waals surface area contributed by atoms with E-state index in [1.807, 2.05) is 59.3 Å². The molecule has 7 heteroatoms. The van der Waals surface area contributed by atoms with Crippen LogP contribution in [0.2, 0.25) is 0 Å². The molecule has 0 radical (unpaired) electrons. The van der Waals surface area contributed by atoms with Gasteiger partial charge in [0.15, 0.2) is 0 Å². The van der Waals surface area contributed by atoms with Crippen LogP contribution in [0.25, 0.3) is 5.69 Å². The Kier molecular flexibility index (Phi) is 5.53. The van der Waals surface area contributed by atoms with Gasteiger partial charge in [0.1, 0.15) is 11.5 Å². The SMILES string of the molecule is CN(C)[C@H]1CCCN(c2nnnn2-c2ccc(Oc3ccccc3)cc2)CC1. The number of tetrazole rings is 1. The normalized spacial score (nSPS) is 17.5. The van der Waals surface area contributed by atoms with Crippen molar-refractivity contribution in [1.29, 1.82) is 0 Å². The molecule has 146 valence electrons. The molecular formula is C21H26N6O. The number of rotatable bonds is 5. The highest BCUT2D eigenvalue weighted by atomic mass is 16.5. The van der Waals surface area contributed by atoms with Gasteiger partial charge in [-0.05, 0) is 80.2 Å². The Hall–Kier alpha value is -2.93. The highest BCUT2D eigenvalue weighted by Crippen LogP contribution is 2.25. The Morgan fingerprint density at radius 3 is 2.43 bits per heavy atom. The van der Waals surface area contributed by atoms with E-state index in [1.165, 1.54) is 6.42 Å². The number of benzene rings is 2. The van der Waals surface area contributed by atoms with Crippen LogP contribution in [0.15, 0.2) is 54.6 Å². The Bertz CT molecular complexity index is 877. The molecule has 0 bridgehead atoms. The fourth-order valence-electron chi connectivity index (χ4n) is 3.62. The molecule has 7 nitrogen and oxygen atoms in total. The topological polar surface area (TPSA) is 59.3 Å². The third-order valence-electron chi connectivity index (χ3n) is 5.22. The predicted octanol–water partition coefficient (Wildman–Crippen LogP) is 3.38. The maximum absolute atomic E-state index is 5.87. The van der Waals surface area contributed by atoms with Crippen LogP contribution in [0, 0.1) is 0 Å². The van der Waals surface area contributed by atoms with Crippen molar-refractivity contribution in [2.24, 2.45) is 0 Å². The molecule has 1 fully saturated rings. The molecule has 1 aliphatic heterocycles. The number of hydrogen-bond donors (Lipinski definition) is 0. The Morgan fingerprint density at radius 1 is 0.929 bits per heavy atom. The van der Waals surface area contributed by atoms with Crippen LogP contribution in [0.3, 0.4) is 0 Å². The molecule has 1 aliphatic rings. The highest BCUT2D eigenvalue weighted by molar-refractivity contribution is 5.44. The molecule has 4 rings (SSSR count). The zero-order valence-corrected chi connectivity index (χ0v) is 16.4.